The fourth-order valence-corrected chi connectivity index (χ4v) is 3.73. The van der Waals surface area contributed by atoms with Gasteiger partial charge >= 0.3 is 192 Å². The van der Waals surface area contributed by atoms with Crippen LogP contribution in [0.3, 0.4) is 0 Å². The van der Waals surface area contributed by atoms with E-state index >= 15 is 0 Å². The molecule has 13 nitrogen and oxygen atoms in total. The molecule has 2 atom stereocenters. The van der Waals surface area contributed by atoms with Crippen molar-refractivity contribution in [2.45, 2.75) is 30.7 Å². The average Bonchev–Trinajstić information content (AvgIpc) is 2.43. The van der Waals surface area contributed by atoms with Gasteiger partial charge in [-0.15, -0.1) is 0 Å². The number of hydrogen-bond acceptors (Lipinski definition) is 12. The summed E-state index contributed by atoms with van der Waals surface area (Å²) in [7, 11) is 0. The van der Waals surface area contributed by atoms with Crippen molar-refractivity contribution in [2.24, 2.45) is 0 Å². The zero-order valence-electron chi connectivity index (χ0n) is 12.5. The summed E-state index contributed by atoms with van der Waals surface area (Å²) < 4.78 is 13.3. The Bertz CT molecular complexity index is 557. The molecule has 4 N–H and O–H groups in total. The minimum absolute atomic E-state index is 0. The summed E-state index contributed by atoms with van der Waals surface area (Å²) in [6, 6.07) is 0. The van der Waals surface area contributed by atoms with Crippen molar-refractivity contribution in [3.63, 3.8) is 0 Å². The Labute approximate surface area is 189 Å². The Morgan fingerprint density at radius 2 is 1.56 bits per heavy atom. The Hall–Kier alpha value is -0.315. The van der Waals surface area contributed by atoms with E-state index in [9.17, 15) is 39.3 Å². The molecule has 0 aromatic rings. The van der Waals surface area contributed by atoms with Gasteiger partial charge in [0.1, 0.15) is 0 Å². The Morgan fingerprint density at radius 1 is 1.12 bits per heavy atom. The normalized spacial score (nSPS) is 19.8. The van der Waals surface area contributed by atoms with E-state index < -0.39 is 82.0 Å². The fraction of sp³-hybridized carbons (Fsp3) is 0.500. The number of aliphatic hydroxyl groups excluding tert-OH is 2. The van der Waals surface area contributed by atoms with Gasteiger partial charge in [0, 0.05) is 0 Å². The summed E-state index contributed by atoms with van der Waals surface area (Å²) in [6.07, 6.45) is -7.52. The minimum atomic E-state index is -4.42. The summed E-state index contributed by atoms with van der Waals surface area (Å²) in [5.74, 6) is -8.56. The van der Waals surface area contributed by atoms with Crippen LogP contribution in [-0.2, 0) is 33.0 Å². The van der Waals surface area contributed by atoms with Crippen molar-refractivity contribution < 1.29 is 110 Å². The molecule has 0 aliphatic carbocycles. The first-order valence-corrected chi connectivity index (χ1v) is 9.05. The summed E-state index contributed by atoms with van der Waals surface area (Å²) in [5, 5.41) is 46.9. The van der Waals surface area contributed by atoms with Crippen molar-refractivity contribution in [1.82, 2.24) is 0 Å². The molecule has 0 spiro atoms. The van der Waals surface area contributed by atoms with E-state index in [1.54, 1.807) is 0 Å². The summed E-state index contributed by atoms with van der Waals surface area (Å²) in [5.41, 5.74) is -2.77. The molecule has 1 aliphatic heterocycles. The zero-order chi connectivity index (χ0) is 18.7. The van der Waals surface area contributed by atoms with E-state index in [1.165, 1.54) is 0 Å². The van der Waals surface area contributed by atoms with Gasteiger partial charge in [-0.25, -0.2) is 0 Å². The molecular weight excluding hydrogens is 489 g/mol. The van der Waals surface area contributed by atoms with Gasteiger partial charge < -0.3 is 0 Å². The number of carboxylic acids is 2. The molecule has 0 aromatic heterocycles. The number of aliphatic hydroxyl groups is 3. The summed E-state index contributed by atoms with van der Waals surface area (Å²) >= 11 is -4.42. The summed E-state index contributed by atoms with van der Waals surface area (Å²) in [6.45, 7) is 0. The smallest absolute Gasteiger partial charge is 1.00 e. The number of carbonyl (C=O) groups excluding carboxylic acids is 4. The second kappa shape index (κ2) is 10.1. The van der Waals surface area contributed by atoms with Crippen molar-refractivity contribution in [3.05, 3.63) is 0 Å². The van der Waals surface area contributed by atoms with Crippen LogP contribution >= 0.6 is 0 Å². The zero-order valence-corrected chi connectivity index (χ0v) is 18.2. The molecule has 1 heterocycles. The first-order valence-electron chi connectivity index (χ1n) is 5.92. The van der Waals surface area contributed by atoms with E-state index in [4.69, 9.17) is 10.2 Å². The largest absolute Gasteiger partial charge is 1.00 e. The van der Waals surface area contributed by atoms with Gasteiger partial charge in [0.05, 0.1) is 0 Å². The van der Waals surface area contributed by atoms with Crippen LogP contribution in [-0.4, -0.2) is 89.6 Å². The van der Waals surface area contributed by atoms with E-state index in [0.717, 1.165) is 0 Å². The van der Waals surface area contributed by atoms with Crippen LogP contribution < -0.4 is 56.5 Å². The first kappa shape index (κ1) is 24.7. The average molecular weight is 499 g/mol. The molecule has 0 saturated carbocycles. The SMILES string of the molecule is O=C1CC(O)(C(=O)O)CC(=O)[O][Sb]([O]C(=O)C(O)C(O)C(=O)[O-])[O]1.[K+]. The van der Waals surface area contributed by atoms with Crippen molar-refractivity contribution in [2.75, 3.05) is 0 Å². The molecule has 0 radical (unpaired) electrons. The Balaban J connectivity index is 0.00000576. The predicted octanol–water partition coefficient (Wildman–Crippen LogP) is -8.31. The molecule has 0 amide bonds. The van der Waals surface area contributed by atoms with Gasteiger partial charge in [-0.05, 0) is 0 Å². The topological polar surface area (TPSA) is 217 Å². The van der Waals surface area contributed by atoms with Crippen molar-refractivity contribution in [3.8, 4) is 0 Å². The molecule has 0 aromatic carbocycles. The predicted molar refractivity (Wildman–Crippen MR) is 62.9 cm³/mol. The number of carboxylic acid groups (broad SMARTS) is 2. The van der Waals surface area contributed by atoms with Crippen LogP contribution in [0.1, 0.15) is 12.8 Å². The second-order valence-electron chi connectivity index (χ2n) is 4.46. The van der Waals surface area contributed by atoms with Crippen LogP contribution in [0, 0.1) is 0 Å². The number of hydrogen-bond donors (Lipinski definition) is 4. The molecule has 25 heavy (non-hydrogen) atoms. The number of rotatable bonds is 5. The van der Waals surface area contributed by atoms with Crippen molar-refractivity contribution in [1.29, 1.82) is 0 Å². The van der Waals surface area contributed by atoms with Crippen LogP contribution in [0.25, 0.3) is 0 Å². The van der Waals surface area contributed by atoms with Gasteiger partial charge in [0.2, 0.25) is 0 Å². The van der Waals surface area contributed by atoms with Crippen LogP contribution in [0.4, 0.5) is 0 Å². The Morgan fingerprint density at radius 3 is 1.92 bits per heavy atom. The van der Waals surface area contributed by atoms with Crippen LogP contribution in [0.2, 0.25) is 0 Å². The number of aliphatic carboxylic acids is 2. The molecular formula is C10H10KO13Sb. The third kappa shape index (κ3) is 7.07. The third-order valence-corrected chi connectivity index (χ3v) is 5.52. The van der Waals surface area contributed by atoms with E-state index in [0.29, 0.717) is 0 Å². The monoisotopic (exact) mass is 498 g/mol. The summed E-state index contributed by atoms with van der Waals surface area (Å²) in [4.78, 5) is 55.5. The van der Waals surface area contributed by atoms with Crippen molar-refractivity contribution >= 4 is 51.3 Å². The van der Waals surface area contributed by atoms with Gasteiger partial charge in [0.25, 0.3) is 0 Å². The van der Waals surface area contributed by atoms with E-state index in [2.05, 4.69) is 9.05 Å². The minimum Gasteiger partial charge on any atom is 1.00 e. The molecule has 1 fully saturated rings. The molecule has 134 valence electrons. The maximum Gasteiger partial charge on any atom is 1.00 e. The maximum absolute atomic E-state index is 11.5. The third-order valence-electron chi connectivity index (χ3n) is 2.57. The fourth-order valence-electron chi connectivity index (χ4n) is 1.36. The molecule has 1 aliphatic rings. The van der Waals surface area contributed by atoms with Crippen LogP contribution in [0.5, 0.6) is 0 Å². The van der Waals surface area contributed by atoms with Gasteiger partial charge in [-0.2, -0.15) is 0 Å². The molecule has 2 unspecified atom stereocenters. The Kier molecular flexibility index (Phi) is 10.0. The molecule has 1 rings (SSSR count). The van der Waals surface area contributed by atoms with Gasteiger partial charge in [0.15, 0.2) is 0 Å². The van der Waals surface area contributed by atoms with E-state index in [-0.39, 0.29) is 51.4 Å². The van der Waals surface area contributed by atoms with Crippen LogP contribution in [0.15, 0.2) is 0 Å². The second-order valence-corrected chi connectivity index (χ2v) is 7.30. The standard InChI is InChI=1S/C6H8O7.C4H6O6.K.Sb/c7-3(8)1-6(13,5(11)12)2-4(9)10;5-1(3(7)8)2(6)4(9)10;;/h13H,1-2H2,(H,7,8)(H,9,10)(H,11,12);1-2,5-6H,(H,7,8)(H,9,10);;/q;;+1;+3/p-4. The van der Waals surface area contributed by atoms with Gasteiger partial charge in [-0.3, -0.25) is 0 Å². The quantitative estimate of drug-likeness (QED) is 0.259. The van der Waals surface area contributed by atoms with Gasteiger partial charge in [-0.1, -0.05) is 0 Å². The number of carbonyl (C=O) groups is 5. The molecule has 15 heteroatoms. The maximum atomic E-state index is 11.5. The molecule has 1 saturated heterocycles. The molecule has 0 bridgehead atoms. The first-order chi connectivity index (χ1) is 11.0. The van der Waals surface area contributed by atoms with E-state index in [1.807, 2.05) is 0 Å².